The molecular formula is C17H23NO5. The Labute approximate surface area is 135 Å². The monoisotopic (exact) mass is 321 g/mol. The van der Waals surface area contributed by atoms with Crippen LogP contribution in [0.5, 0.6) is 11.5 Å². The number of rotatable bonds is 3. The SMILES string of the molecule is COC(C)(C)C(=O)N1CC[C@@H](c2ccc3c(c2)OCO3)[C@H](O)C1. The van der Waals surface area contributed by atoms with Gasteiger partial charge in [0.15, 0.2) is 11.5 Å². The summed E-state index contributed by atoms with van der Waals surface area (Å²) in [4.78, 5) is 14.1. The Kier molecular flexibility index (Phi) is 4.21. The van der Waals surface area contributed by atoms with Crippen molar-refractivity contribution in [2.45, 2.75) is 37.9 Å². The molecule has 0 aliphatic carbocycles. The zero-order valence-electron chi connectivity index (χ0n) is 13.7. The van der Waals surface area contributed by atoms with E-state index < -0.39 is 11.7 Å². The summed E-state index contributed by atoms with van der Waals surface area (Å²) < 4.78 is 16.0. The first-order chi connectivity index (χ1) is 10.9. The summed E-state index contributed by atoms with van der Waals surface area (Å²) in [5.41, 5.74) is 0.144. The third kappa shape index (κ3) is 3.01. The van der Waals surface area contributed by atoms with Crippen molar-refractivity contribution in [1.82, 2.24) is 4.90 Å². The van der Waals surface area contributed by atoms with Gasteiger partial charge in [-0.25, -0.2) is 0 Å². The van der Waals surface area contributed by atoms with Crippen LogP contribution in [0.15, 0.2) is 18.2 Å². The first kappa shape index (κ1) is 16.1. The minimum atomic E-state index is -0.870. The van der Waals surface area contributed by atoms with Gasteiger partial charge in [-0.3, -0.25) is 4.79 Å². The molecule has 2 atom stereocenters. The van der Waals surface area contributed by atoms with Gasteiger partial charge in [0.05, 0.1) is 6.10 Å². The van der Waals surface area contributed by atoms with Crippen LogP contribution in [0, 0.1) is 0 Å². The number of hydrogen-bond donors (Lipinski definition) is 1. The van der Waals surface area contributed by atoms with Crippen LogP contribution in [0.3, 0.4) is 0 Å². The number of hydrogen-bond acceptors (Lipinski definition) is 5. The molecule has 3 rings (SSSR count). The number of methoxy groups -OCH3 is 1. The summed E-state index contributed by atoms with van der Waals surface area (Å²) in [6, 6.07) is 5.75. The van der Waals surface area contributed by atoms with Crippen molar-refractivity contribution in [3.05, 3.63) is 23.8 Å². The maximum absolute atomic E-state index is 12.4. The number of benzene rings is 1. The molecule has 2 heterocycles. The fourth-order valence-corrected chi connectivity index (χ4v) is 3.12. The number of piperidine rings is 1. The van der Waals surface area contributed by atoms with E-state index in [1.165, 1.54) is 7.11 Å². The van der Waals surface area contributed by atoms with Gasteiger partial charge in [-0.05, 0) is 38.0 Å². The standard InChI is InChI=1S/C17H23NO5/c1-17(2,21-3)16(20)18-7-6-12(13(19)9-18)11-4-5-14-15(8-11)23-10-22-14/h4-5,8,12-13,19H,6-7,9-10H2,1-3H3/t12-,13+/m0/s1. The number of aliphatic hydroxyl groups is 1. The molecule has 1 fully saturated rings. The molecule has 2 aliphatic rings. The molecule has 0 aromatic heterocycles. The summed E-state index contributed by atoms with van der Waals surface area (Å²) >= 11 is 0. The number of nitrogens with zero attached hydrogens (tertiary/aromatic N) is 1. The zero-order valence-corrected chi connectivity index (χ0v) is 13.7. The van der Waals surface area contributed by atoms with Gasteiger partial charge in [-0.15, -0.1) is 0 Å². The molecule has 0 saturated carbocycles. The van der Waals surface area contributed by atoms with Crippen LogP contribution in [-0.2, 0) is 9.53 Å². The van der Waals surface area contributed by atoms with E-state index in [1.54, 1.807) is 18.7 Å². The van der Waals surface area contributed by atoms with Crippen molar-refractivity contribution in [2.75, 3.05) is 27.0 Å². The molecule has 126 valence electrons. The number of aliphatic hydroxyl groups excluding tert-OH is 1. The fraction of sp³-hybridized carbons (Fsp3) is 0.588. The van der Waals surface area contributed by atoms with Gasteiger partial charge in [-0.2, -0.15) is 0 Å². The van der Waals surface area contributed by atoms with Gasteiger partial charge in [0.1, 0.15) is 5.60 Å². The predicted octanol–water partition coefficient (Wildman–Crippen LogP) is 1.52. The molecule has 6 nitrogen and oxygen atoms in total. The molecule has 1 aromatic carbocycles. The second-order valence-corrected chi connectivity index (χ2v) is 6.54. The quantitative estimate of drug-likeness (QED) is 0.914. The van der Waals surface area contributed by atoms with Crippen LogP contribution in [0.25, 0.3) is 0 Å². The maximum atomic E-state index is 12.4. The Bertz CT molecular complexity index is 601. The lowest BCUT2D eigenvalue weighted by molar-refractivity contribution is -0.154. The lowest BCUT2D eigenvalue weighted by Gasteiger charge is -2.39. The van der Waals surface area contributed by atoms with Gasteiger partial charge < -0.3 is 24.2 Å². The van der Waals surface area contributed by atoms with Crippen molar-refractivity contribution in [3.63, 3.8) is 0 Å². The molecule has 0 bridgehead atoms. The maximum Gasteiger partial charge on any atom is 0.254 e. The molecule has 6 heteroatoms. The molecule has 0 radical (unpaired) electrons. The number of amides is 1. The highest BCUT2D eigenvalue weighted by molar-refractivity contribution is 5.84. The Morgan fingerprint density at radius 2 is 2.09 bits per heavy atom. The third-order valence-corrected chi connectivity index (χ3v) is 4.72. The van der Waals surface area contributed by atoms with Crippen molar-refractivity contribution in [1.29, 1.82) is 0 Å². The molecule has 0 spiro atoms. The van der Waals surface area contributed by atoms with Gasteiger partial charge in [-0.1, -0.05) is 6.07 Å². The molecule has 1 aromatic rings. The Morgan fingerprint density at radius 3 is 2.78 bits per heavy atom. The number of fused-ring (bicyclic) bond motifs is 1. The molecule has 23 heavy (non-hydrogen) atoms. The van der Waals surface area contributed by atoms with Crippen LogP contribution < -0.4 is 9.47 Å². The first-order valence-electron chi connectivity index (χ1n) is 7.84. The van der Waals surface area contributed by atoms with Crippen LogP contribution in [0.1, 0.15) is 31.7 Å². The first-order valence-corrected chi connectivity index (χ1v) is 7.84. The highest BCUT2D eigenvalue weighted by Crippen LogP contribution is 2.37. The molecule has 1 N–H and O–H groups in total. The van der Waals surface area contributed by atoms with Crippen molar-refractivity contribution in [2.24, 2.45) is 0 Å². The number of carbonyl (C=O) groups excluding carboxylic acids is 1. The minimum Gasteiger partial charge on any atom is -0.454 e. The lowest BCUT2D eigenvalue weighted by atomic mass is 9.86. The van der Waals surface area contributed by atoms with Crippen molar-refractivity contribution >= 4 is 5.91 Å². The Morgan fingerprint density at radius 1 is 1.35 bits per heavy atom. The Hall–Kier alpha value is -1.79. The molecule has 0 unspecified atom stereocenters. The summed E-state index contributed by atoms with van der Waals surface area (Å²) in [6.45, 7) is 4.63. The van der Waals surface area contributed by atoms with Crippen LogP contribution in [-0.4, -0.2) is 54.6 Å². The molecular weight excluding hydrogens is 298 g/mol. The summed E-state index contributed by atoms with van der Waals surface area (Å²) in [7, 11) is 1.52. The smallest absolute Gasteiger partial charge is 0.254 e. The molecule has 1 saturated heterocycles. The van der Waals surface area contributed by atoms with E-state index in [0.717, 1.165) is 11.3 Å². The van der Waals surface area contributed by atoms with Gasteiger partial charge >= 0.3 is 0 Å². The summed E-state index contributed by atoms with van der Waals surface area (Å²) in [5.74, 6) is 1.34. The average molecular weight is 321 g/mol. The highest BCUT2D eigenvalue weighted by atomic mass is 16.7. The zero-order chi connectivity index (χ0) is 16.6. The third-order valence-electron chi connectivity index (χ3n) is 4.72. The van der Waals surface area contributed by atoms with Crippen LogP contribution in [0.2, 0.25) is 0 Å². The van der Waals surface area contributed by atoms with E-state index >= 15 is 0 Å². The normalized spacial score (nSPS) is 23.9. The highest BCUT2D eigenvalue weighted by Gasteiger charge is 2.37. The van der Waals surface area contributed by atoms with Crippen molar-refractivity contribution in [3.8, 4) is 11.5 Å². The van der Waals surface area contributed by atoms with E-state index in [-0.39, 0.29) is 18.6 Å². The summed E-state index contributed by atoms with van der Waals surface area (Å²) in [5, 5.41) is 10.5. The Balaban J connectivity index is 1.71. The molecule has 2 aliphatic heterocycles. The predicted molar refractivity (Wildman–Crippen MR) is 83.6 cm³/mol. The number of β-amino-alcohol motifs (C(OH)–C–C–N with tert-alkyl or cyclic N) is 1. The number of ether oxygens (including phenoxy) is 3. The number of carbonyl (C=O) groups is 1. The molecule has 1 amide bonds. The van der Waals surface area contributed by atoms with Crippen LogP contribution in [0.4, 0.5) is 0 Å². The topological polar surface area (TPSA) is 68.2 Å². The second kappa shape index (κ2) is 6.02. The second-order valence-electron chi connectivity index (χ2n) is 6.54. The summed E-state index contributed by atoms with van der Waals surface area (Å²) in [6.07, 6.45) is 0.0903. The largest absolute Gasteiger partial charge is 0.454 e. The average Bonchev–Trinajstić information content (AvgIpc) is 3.01. The van der Waals surface area contributed by atoms with Gasteiger partial charge in [0, 0.05) is 26.1 Å². The van der Waals surface area contributed by atoms with E-state index in [1.807, 2.05) is 18.2 Å². The fourth-order valence-electron chi connectivity index (χ4n) is 3.12. The number of likely N-dealkylation sites (tertiary alicyclic amines) is 1. The minimum absolute atomic E-state index is 0.0146. The van der Waals surface area contributed by atoms with Gasteiger partial charge in [0.2, 0.25) is 6.79 Å². The van der Waals surface area contributed by atoms with Crippen LogP contribution >= 0.6 is 0 Å². The van der Waals surface area contributed by atoms with E-state index in [2.05, 4.69) is 0 Å². The van der Waals surface area contributed by atoms with Crippen molar-refractivity contribution < 1.29 is 24.1 Å². The van der Waals surface area contributed by atoms with E-state index in [9.17, 15) is 9.90 Å². The van der Waals surface area contributed by atoms with E-state index in [4.69, 9.17) is 14.2 Å². The lowest BCUT2D eigenvalue weighted by Crippen LogP contribution is -2.52. The van der Waals surface area contributed by atoms with Gasteiger partial charge in [0.25, 0.3) is 5.91 Å². The van der Waals surface area contributed by atoms with E-state index in [0.29, 0.717) is 25.3 Å².